The van der Waals surface area contributed by atoms with Crippen LogP contribution in [0.1, 0.15) is 42.9 Å². The summed E-state index contributed by atoms with van der Waals surface area (Å²) in [7, 11) is 0. The van der Waals surface area contributed by atoms with E-state index in [1.54, 1.807) is 0 Å². The van der Waals surface area contributed by atoms with Gasteiger partial charge in [-0.15, -0.1) is 0 Å². The van der Waals surface area contributed by atoms with E-state index in [4.69, 9.17) is 4.98 Å². The molecule has 1 aromatic carbocycles. The van der Waals surface area contributed by atoms with Crippen LogP contribution in [0.5, 0.6) is 0 Å². The molecule has 1 saturated heterocycles. The molecule has 0 spiro atoms. The van der Waals surface area contributed by atoms with Crippen LogP contribution >= 0.6 is 0 Å². The highest BCUT2D eigenvalue weighted by Gasteiger charge is 2.24. The van der Waals surface area contributed by atoms with E-state index < -0.39 is 0 Å². The Balaban J connectivity index is 1.45. The van der Waals surface area contributed by atoms with Crippen LogP contribution in [-0.2, 0) is 6.42 Å². The van der Waals surface area contributed by atoms with Gasteiger partial charge in [0.05, 0.1) is 22.9 Å². The number of likely N-dealkylation sites (tertiary alicyclic amines) is 1. The number of likely N-dealkylation sites (N-methyl/N-ethyl adjacent to an activating group) is 1. The maximum absolute atomic E-state index is 4.97. The highest BCUT2D eigenvalue weighted by Crippen LogP contribution is 2.29. The molecular formula is C25H34N6. The fraction of sp³-hybridized carbons (Fsp3) is 0.440. The van der Waals surface area contributed by atoms with E-state index in [9.17, 15) is 0 Å². The summed E-state index contributed by atoms with van der Waals surface area (Å²) in [5.41, 5.74) is 5.84. The second-order valence-electron chi connectivity index (χ2n) is 8.39. The Morgan fingerprint density at radius 1 is 1.29 bits per heavy atom. The number of benzene rings is 1. The lowest BCUT2D eigenvalue weighted by atomic mass is 10.0. The molecule has 3 aromatic rings. The molecular weight excluding hydrogens is 384 g/mol. The second-order valence-corrected chi connectivity index (χ2v) is 8.39. The molecule has 31 heavy (non-hydrogen) atoms. The molecule has 0 unspecified atom stereocenters. The van der Waals surface area contributed by atoms with Crippen molar-refractivity contribution in [3.8, 4) is 0 Å². The van der Waals surface area contributed by atoms with Gasteiger partial charge in [0.1, 0.15) is 5.82 Å². The lowest BCUT2D eigenvalue weighted by Crippen LogP contribution is -2.36. The molecule has 1 fully saturated rings. The maximum atomic E-state index is 4.97. The monoisotopic (exact) mass is 418 g/mol. The molecule has 0 saturated carbocycles. The molecule has 0 atom stereocenters. The van der Waals surface area contributed by atoms with Gasteiger partial charge in [-0.2, -0.15) is 5.10 Å². The number of hydrogen-bond donors (Lipinski definition) is 2. The van der Waals surface area contributed by atoms with Gasteiger partial charge in [0, 0.05) is 38.6 Å². The molecule has 1 aliphatic heterocycles. The highest BCUT2D eigenvalue weighted by molar-refractivity contribution is 5.76. The summed E-state index contributed by atoms with van der Waals surface area (Å²) in [6.07, 6.45) is 9.25. The number of rotatable bonds is 9. The number of para-hydroxylation sites is 2. The van der Waals surface area contributed by atoms with E-state index in [-0.39, 0.29) is 0 Å². The van der Waals surface area contributed by atoms with Gasteiger partial charge in [0.25, 0.3) is 0 Å². The first-order valence-electron chi connectivity index (χ1n) is 11.4. The molecule has 6 nitrogen and oxygen atoms in total. The van der Waals surface area contributed by atoms with E-state index in [0.29, 0.717) is 6.04 Å². The highest BCUT2D eigenvalue weighted by atomic mass is 15.2. The van der Waals surface area contributed by atoms with Crippen LogP contribution in [0.4, 0.5) is 0 Å². The van der Waals surface area contributed by atoms with Crippen molar-refractivity contribution in [1.82, 2.24) is 30.0 Å². The number of hydrogen-bond acceptors (Lipinski definition) is 4. The van der Waals surface area contributed by atoms with Crippen molar-refractivity contribution < 1.29 is 0 Å². The van der Waals surface area contributed by atoms with Gasteiger partial charge < -0.3 is 9.88 Å². The Morgan fingerprint density at radius 3 is 2.81 bits per heavy atom. The third-order valence-electron chi connectivity index (χ3n) is 6.23. The van der Waals surface area contributed by atoms with Crippen LogP contribution < -0.4 is 5.32 Å². The average Bonchev–Trinajstić information content (AvgIpc) is 3.37. The van der Waals surface area contributed by atoms with Crippen LogP contribution in [0.3, 0.4) is 0 Å². The summed E-state index contributed by atoms with van der Waals surface area (Å²) in [5.74, 6) is 1.21. The number of piperidine rings is 1. The maximum Gasteiger partial charge on any atom is 0.111 e. The lowest BCUT2D eigenvalue weighted by molar-refractivity contribution is 0.201. The van der Waals surface area contributed by atoms with Crippen molar-refractivity contribution in [1.29, 1.82) is 0 Å². The van der Waals surface area contributed by atoms with Gasteiger partial charge in [-0.3, -0.25) is 10.00 Å². The second kappa shape index (κ2) is 10.1. The van der Waals surface area contributed by atoms with Gasteiger partial charge in [-0.25, -0.2) is 4.98 Å². The number of nitrogens with zero attached hydrogens (tertiary/aromatic N) is 4. The van der Waals surface area contributed by atoms with E-state index in [1.165, 1.54) is 16.9 Å². The predicted molar refractivity (Wildman–Crippen MR) is 128 cm³/mol. The first-order chi connectivity index (χ1) is 15.2. The van der Waals surface area contributed by atoms with E-state index in [2.05, 4.69) is 75.7 Å². The summed E-state index contributed by atoms with van der Waals surface area (Å²) in [4.78, 5) is 7.50. The zero-order chi connectivity index (χ0) is 21.6. The smallest absolute Gasteiger partial charge is 0.111 e. The van der Waals surface area contributed by atoms with Gasteiger partial charge >= 0.3 is 0 Å². The Kier molecular flexibility index (Phi) is 6.99. The number of H-pyrrole nitrogens is 1. The van der Waals surface area contributed by atoms with Crippen LogP contribution in [0.15, 0.2) is 48.7 Å². The topological polar surface area (TPSA) is 61.8 Å². The first-order valence-corrected chi connectivity index (χ1v) is 11.4. The molecule has 2 aromatic heterocycles. The van der Waals surface area contributed by atoms with Crippen molar-refractivity contribution in [2.75, 3.05) is 32.7 Å². The van der Waals surface area contributed by atoms with Gasteiger partial charge in [-0.1, -0.05) is 31.7 Å². The number of aryl methyl sites for hydroxylation is 1. The minimum absolute atomic E-state index is 0.506. The fourth-order valence-corrected chi connectivity index (χ4v) is 4.51. The fourth-order valence-electron chi connectivity index (χ4n) is 4.51. The summed E-state index contributed by atoms with van der Waals surface area (Å²) >= 11 is 0. The van der Waals surface area contributed by atoms with Crippen molar-refractivity contribution in [2.24, 2.45) is 0 Å². The minimum atomic E-state index is 0.506. The molecule has 6 heteroatoms. The molecule has 164 valence electrons. The first kappa shape index (κ1) is 21.5. The number of aromatic amines is 1. The third-order valence-corrected chi connectivity index (χ3v) is 6.23. The van der Waals surface area contributed by atoms with Crippen molar-refractivity contribution in [2.45, 2.75) is 39.2 Å². The van der Waals surface area contributed by atoms with E-state index in [0.717, 1.165) is 68.8 Å². The van der Waals surface area contributed by atoms with Crippen LogP contribution in [0, 0.1) is 6.92 Å². The summed E-state index contributed by atoms with van der Waals surface area (Å²) in [6, 6.07) is 9.07. The van der Waals surface area contributed by atoms with Gasteiger partial charge in [0.15, 0.2) is 0 Å². The minimum Gasteiger partial charge on any atom is -0.325 e. The van der Waals surface area contributed by atoms with E-state index in [1.807, 2.05) is 12.3 Å². The Bertz CT molecular complexity index is 1040. The number of fused-ring (bicyclic) bond motifs is 1. The predicted octanol–water partition coefficient (Wildman–Crippen LogP) is 4.13. The Morgan fingerprint density at radius 2 is 2.10 bits per heavy atom. The van der Waals surface area contributed by atoms with Crippen LogP contribution in [-0.4, -0.2) is 57.4 Å². The number of aromatic nitrogens is 4. The molecule has 0 bridgehead atoms. The molecule has 1 aliphatic rings. The zero-order valence-corrected chi connectivity index (χ0v) is 18.8. The SMILES string of the molecule is C=C/C(=C\c1[nH]ncc1C)CN1CCC(n2c(CCNCC)nc3ccccc32)CC1. The number of nitrogens with one attached hydrogen (secondary N) is 2. The quantitative estimate of drug-likeness (QED) is 0.405. The van der Waals surface area contributed by atoms with Gasteiger partial charge in [-0.05, 0) is 55.7 Å². The summed E-state index contributed by atoms with van der Waals surface area (Å²) in [5, 5.41) is 10.6. The Labute approximate surface area is 185 Å². The summed E-state index contributed by atoms with van der Waals surface area (Å²) < 4.78 is 2.52. The van der Waals surface area contributed by atoms with Crippen molar-refractivity contribution in [3.63, 3.8) is 0 Å². The summed E-state index contributed by atoms with van der Waals surface area (Å²) in [6.45, 7) is 13.3. The van der Waals surface area contributed by atoms with Crippen molar-refractivity contribution in [3.05, 3.63) is 65.8 Å². The third kappa shape index (κ3) is 4.97. The van der Waals surface area contributed by atoms with Crippen molar-refractivity contribution >= 4 is 17.1 Å². The number of imidazole rings is 1. The molecule has 0 amide bonds. The van der Waals surface area contributed by atoms with Gasteiger partial charge in [0.2, 0.25) is 0 Å². The molecule has 4 rings (SSSR count). The average molecular weight is 419 g/mol. The molecule has 0 aliphatic carbocycles. The van der Waals surface area contributed by atoms with E-state index >= 15 is 0 Å². The zero-order valence-electron chi connectivity index (χ0n) is 18.8. The normalized spacial score (nSPS) is 16.3. The standard InChI is InChI=1S/C25H34N6/c1-4-20(16-23-19(3)17-27-29-23)18-30-14-11-21(12-15-30)31-24-9-7-6-8-22(24)28-25(31)10-13-26-5-2/h4,6-9,16-17,21,26H,1,5,10-15,18H2,2-3H3,(H,27,29)/b20-16+. The molecule has 2 N–H and O–H groups in total. The van der Waals surface area contributed by atoms with Crippen LogP contribution in [0.2, 0.25) is 0 Å². The lowest BCUT2D eigenvalue weighted by Gasteiger charge is -2.34. The molecule has 0 radical (unpaired) electrons. The largest absolute Gasteiger partial charge is 0.325 e. The molecule has 3 heterocycles. The van der Waals surface area contributed by atoms with Crippen LogP contribution in [0.25, 0.3) is 17.1 Å². The Hall–Kier alpha value is -2.70.